The fourth-order valence-corrected chi connectivity index (χ4v) is 1.73. The van der Waals surface area contributed by atoms with Crippen LogP contribution in [0.4, 0.5) is 13.2 Å². The molecule has 0 fully saturated rings. The molecule has 1 rings (SSSR count). The summed E-state index contributed by atoms with van der Waals surface area (Å²) < 4.78 is 48.3. The van der Waals surface area contributed by atoms with Gasteiger partial charge in [0.25, 0.3) is 0 Å². The van der Waals surface area contributed by atoms with Gasteiger partial charge in [0.2, 0.25) is 0 Å². The maximum atomic E-state index is 13.7. The van der Waals surface area contributed by atoms with Crippen molar-refractivity contribution in [3.63, 3.8) is 0 Å². The SMILES string of the molecule is COC(=O)c1c(F)c(F)c(I)c(F)c1C(=O)OC. The maximum Gasteiger partial charge on any atom is 0.341 e. The molecule has 18 heavy (non-hydrogen) atoms. The quantitative estimate of drug-likeness (QED) is 0.345. The van der Waals surface area contributed by atoms with Crippen LogP contribution in [0.2, 0.25) is 0 Å². The second-order valence-corrected chi connectivity index (χ2v) is 4.07. The monoisotopic (exact) mass is 374 g/mol. The van der Waals surface area contributed by atoms with E-state index in [1.54, 1.807) is 0 Å². The van der Waals surface area contributed by atoms with Crippen molar-refractivity contribution < 1.29 is 32.2 Å². The molecule has 4 nitrogen and oxygen atoms in total. The molecule has 1 aromatic carbocycles. The van der Waals surface area contributed by atoms with Crippen molar-refractivity contribution in [2.45, 2.75) is 0 Å². The van der Waals surface area contributed by atoms with Gasteiger partial charge in [-0.15, -0.1) is 0 Å². The lowest BCUT2D eigenvalue weighted by molar-refractivity contribution is 0.0544. The van der Waals surface area contributed by atoms with E-state index in [4.69, 9.17) is 0 Å². The van der Waals surface area contributed by atoms with E-state index in [0.717, 1.165) is 14.2 Å². The first-order valence-electron chi connectivity index (χ1n) is 4.39. The Balaban J connectivity index is 3.75. The second-order valence-electron chi connectivity index (χ2n) is 2.99. The Labute approximate surface area is 113 Å². The van der Waals surface area contributed by atoms with Crippen molar-refractivity contribution in [1.29, 1.82) is 0 Å². The van der Waals surface area contributed by atoms with E-state index in [1.165, 1.54) is 22.6 Å². The number of rotatable bonds is 2. The topological polar surface area (TPSA) is 52.6 Å². The maximum absolute atomic E-state index is 13.7. The molecule has 0 bridgehead atoms. The Morgan fingerprint density at radius 1 is 0.889 bits per heavy atom. The highest BCUT2D eigenvalue weighted by Gasteiger charge is 2.32. The molecule has 0 saturated carbocycles. The van der Waals surface area contributed by atoms with Crippen LogP contribution in [0, 0.1) is 21.0 Å². The largest absolute Gasteiger partial charge is 0.465 e. The average Bonchev–Trinajstić information content (AvgIpc) is 2.38. The molecule has 0 amide bonds. The van der Waals surface area contributed by atoms with Gasteiger partial charge < -0.3 is 9.47 Å². The van der Waals surface area contributed by atoms with Crippen LogP contribution in [0.25, 0.3) is 0 Å². The number of hydrogen-bond acceptors (Lipinski definition) is 4. The molecule has 0 aromatic heterocycles. The normalized spacial score (nSPS) is 10.1. The number of esters is 2. The van der Waals surface area contributed by atoms with Gasteiger partial charge in [-0.3, -0.25) is 0 Å². The fourth-order valence-electron chi connectivity index (χ4n) is 1.22. The Bertz CT molecular complexity index is 484. The zero-order valence-corrected chi connectivity index (χ0v) is 11.3. The van der Waals surface area contributed by atoms with Gasteiger partial charge in [-0.2, -0.15) is 0 Å². The molecule has 0 heterocycles. The number of carbonyl (C=O) groups is 2. The molecule has 0 aliphatic heterocycles. The van der Waals surface area contributed by atoms with Crippen LogP contribution in [0.5, 0.6) is 0 Å². The summed E-state index contributed by atoms with van der Waals surface area (Å²) in [7, 11) is 1.80. The Hall–Kier alpha value is -1.32. The number of methoxy groups -OCH3 is 2. The third-order valence-corrected chi connectivity index (χ3v) is 2.99. The Kier molecular flexibility index (Phi) is 4.54. The van der Waals surface area contributed by atoms with Crippen LogP contribution in [0.15, 0.2) is 0 Å². The highest BCUT2D eigenvalue weighted by Crippen LogP contribution is 2.27. The minimum Gasteiger partial charge on any atom is -0.465 e. The first-order chi connectivity index (χ1) is 8.36. The Morgan fingerprint density at radius 3 is 1.67 bits per heavy atom. The number of benzene rings is 1. The van der Waals surface area contributed by atoms with Gasteiger partial charge in [0.15, 0.2) is 17.5 Å². The molecular formula is C10H6F3IO4. The van der Waals surface area contributed by atoms with Gasteiger partial charge in [0.1, 0.15) is 11.1 Å². The number of ether oxygens (including phenoxy) is 2. The summed E-state index contributed by atoms with van der Waals surface area (Å²) >= 11 is 1.17. The molecule has 0 spiro atoms. The summed E-state index contributed by atoms with van der Waals surface area (Å²) in [4.78, 5) is 22.6. The summed E-state index contributed by atoms with van der Waals surface area (Å²) in [6.07, 6.45) is 0. The van der Waals surface area contributed by atoms with E-state index in [0.29, 0.717) is 0 Å². The van der Waals surface area contributed by atoms with Crippen LogP contribution >= 0.6 is 22.6 Å². The number of hydrogen-bond donors (Lipinski definition) is 0. The van der Waals surface area contributed by atoms with Crippen LogP contribution < -0.4 is 0 Å². The lowest BCUT2D eigenvalue weighted by atomic mass is 10.1. The lowest BCUT2D eigenvalue weighted by Gasteiger charge is -2.10. The number of carbonyl (C=O) groups excluding carboxylic acids is 2. The van der Waals surface area contributed by atoms with E-state index < -0.39 is 44.1 Å². The number of halogens is 4. The predicted octanol–water partition coefficient (Wildman–Crippen LogP) is 2.28. The zero-order valence-electron chi connectivity index (χ0n) is 9.14. The van der Waals surface area contributed by atoms with E-state index in [1.807, 2.05) is 0 Å². The predicted molar refractivity (Wildman–Crippen MR) is 61.7 cm³/mol. The van der Waals surface area contributed by atoms with Gasteiger partial charge in [0, 0.05) is 0 Å². The van der Waals surface area contributed by atoms with Gasteiger partial charge in [-0.05, 0) is 22.6 Å². The zero-order chi connectivity index (χ0) is 14.0. The van der Waals surface area contributed by atoms with E-state index in [2.05, 4.69) is 9.47 Å². The molecule has 0 unspecified atom stereocenters. The van der Waals surface area contributed by atoms with Crippen LogP contribution in [0.3, 0.4) is 0 Å². The first kappa shape index (κ1) is 14.7. The molecule has 8 heteroatoms. The average molecular weight is 374 g/mol. The molecule has 0 aliphatic rings. The van der Waals surface area contributed by atoms with E-state index in [-0.39, 0.29) is 0 Å². The second kappa shape index (κ2) is 5.55. The Morgan fingerprint density at radius 2 is 1.28 bits per heavy atom. The summed E-state index contributed by atoms with van der Waals surface area (Å²) in [6, 6.07) is 0. The highest BCUT2D eigenvalue weighted by atomic mass is 127. The van der Waals surface area contributed by atoms with Crippen molar-refractivity contribution in [2.24, 2.45) is 0 Å². The van der Waals surface area contributed by atoms with E-state index >= 15 is 0 Å². The molecule has 0 atom stereocenters. The van der Waals surface area contributed by atoms with Gasteiger partial charge in [0.05, 0.1) is 17.8 Å². The molecule has 0 N–H and O–H groups in total. The van der Waals surface area contributed by atoms with Crippen LogP contribution in [0.1, 0.15) is 20.7 Å². The van der Waals surface area contributed by atoms with Crippen LogP contribution in [-0.4, -0.2) is 26.2 Å². The van der Waals surface area contributed by atoms with Crippen LogP contribution in [-0.2, 0) is 9.47 Å². The summed E-state index contributed by atoms with van der Waals surface area (Å²) in [6.45, 7) is 0. The molecule has 0 aliphatic carbocycles. The van der Waals surface area contributed by atoms with Gasteiger partial charge in [-0.25, -0.2) is 22.8 Å². The third kappa shape index (κ3) is 2.28. The van der Waals surface area contributed by atoms with Crippen molar-refractivity contribution in [3.8, 4) is 0 Å². The molecule has 1 aromatic rings. The van der Waals surface area contributed by atoms with Gasteiger partial charge >= 0.3 is 11.9 Å². The minimum absolute atomic E-state index is 0.752. The standard InChI is InChI=1S/C10H6F3IO4/c1-17-9(15)3-4(10(16)18-2)6(12)8(14)7(13)5(3)11/h1-2H3. The lowest BCUT2D eigenvalue weighted by Crippen LogP contribution is -2.19. The highest BCUT2D eigenvalue weighted by molar-refractivity contribution is 14.1. The molecule has 0 radical (unpaired) electrons. The van der Waals surface area contributed by atoms with Crippen molar-refractivity contribution in [1.82, 2.24) is 0 Å². The summed E-state index contributed by atoms with van der Waals surface area (Å²) in [5, 5.41) is 0. The van der Waals surface area contributed by atoms with Crippen molar-refractivity contribution in [3.05, 3.63) is 32.1 Å². The molecule has 98 valence electrons. The van der Waals surface area contributed by atoms with Crippen molar-refractivity contribution in [2.75, 3.05) is 14.2 Å². The fraction of sp³-hybridized carbons (Fsp3) is 0.200. The smallest absolute Gasteiger partial charge is 0.341 e. The summed E-state index contributed by atoms with van der Waals surface area (Å²) in [5.41, 5.74) is -2.12. The minimum atomic E-state index is -1.66. The van der Waals surface area contributed by atoms with Crippen molar-refractivity contribution >= 4 is 34.5 Å². The third-order valence-electron chi connectivity index (χ3n) is 2.05. The van der Waals surface area contributed by atoms with E-state index in [9.17, 15) is 22.8 Å². The molecule has 0 saturated heterocycles. The molecular weight excluding hydrogens is 368 g/mol. The first-order valence-corrected chi connectivity index (χ1v) is 5.47. The summed E-state index contributed by atoms with van der Waals surface area (Å²) in [5.74, 6) is -7.28. The van der Waals surface area contributed by atoms with Gasteiger partial charge in [-0.1, -0.05) is 0 Å².